The Labute approximate surface area is 114 Å². The van der Waals surface area contributed by atoms with Gasteiger partial charge < -0.3 is 0 Å². The fourth-order valence-electron chi connectivity index (χ4n) is 2.11. The van der Waals surface area contributed by atoms with Gasteiger partial charge in [0.15, 0.2) is 0 Å². The van der Waals surface area contributed by atoms with Crippen LogP contribution in [0.1, 0.15) is 90.4 Å². The summed E-state index contributed by atoms with van der Waals surface area (Å²) in [6.45, 7) is 2.28. The van der Waals surface area contributed by atoms with Crippen LogP contribution in [0.25, 0.3) is 0 Å². The average Bonchev–Trinajstić information content (AvgIpc) is 2.35. The molecule has 17 heavy (non-hydrogen) atoms. The van der Waals surface area contributed by atoms with Gasteiger partial charge in [-0.25, -0.2) is 0 Å². The molecule has 0 aliphatic rings. The van der Waals surface area contributed by atoms with Gasteiger partial charge in [0.25, 0.3) is 0 Å². The van der Waals surface area contributed by atoms with Crippen molar-refractivity contribution in [3.63, 3.8) is 0 Å². The molecule has 0 unspecified atom stereocenters. The van der Waals surface area contributed by atoms with E-state index in [0.29, 0.717) is 0 Å². The first-order valence-corrected chi connectivity index (χ1v) is 7.92. The zero-order chi connectivity index (χ0) is 12.6. The molecular weight excluding hydrogens is 224 g/mol. The quantitative estimate of drug-likeness (QED) is 0.285. The predicted molar refractivity (Wildman–Crippen MR) is 81.1 cm³/mol. The van der Waals surface area contributed by atoms with E-state index in [4.69, 9.17) is 0 Å². The molecule has 0 spiro atoms. The Kier molecular flexibility index (Phi) is 15.6. The maximum atomic E-state index is 4.58. The summed E-state index contributed by atoms with van der Waals surface area (Å²) >= 11 is 4.58. The molecular formula is C16H29S. The maximum absolute atomic E-state index is 4.58. The zero-order valence-corrected chi connectivity index (χ0v) is 12.4. The van der Waals surface area contributed by atoms with Gasteiger partial charge in [0, 0.05) is 11.7 Å². The van der Waals surface area contributed by atoms with Crippen LogP contribution in [0.3, 0.4) is 0 Å². The fraction of sp³-hybridized carbons (Fsp3) is 0.875. The van der Waals surface area contributed by atoms with Gasteiger partial charge >= 0.3 is 0 Å². The van der Waals surface area contributed by atoms with Crippen LogP contribution in [0.4, 0.5) is 0 Å². The van der Waals surface area contributed by atoms with Gasteiger partial charge in [0.2, 0.25) is 0 Å². The minimum atomic E-state index is 1.00. The van der Waals surface area contributed by atoms with Crippen molar-refractivity contribution in [1.29, 1.82) is 0 Å². The molecule has 0 amide bonds. The topological polar surface area (TPSA) is 0 Å². The van der Waals surface area contributed by atoms with Crippen molar-refractivity contribution in [2.24, 2.45) is 0 Å². The summed E-state index contributed by atoms with van der Waals surface area (Å²) in [4.78, 5) is 0. The Hall–Kier alpha value is -0.220. The van der Waals surface area contributed by atoms with Gasteiger partial charge in [-0.2, -0.15) is 0 Å². The first-order chi connectivity index (χ1) is 8.41. The van der Waals surface area contributed by atoms with Crippen LogP contribution in [0, 0.1) is 11.2 Å². The lowest BCUT2D eigenvalue weighted by Gasteiger charge is -2.01. The van der Waals surface area contributed by atoms with Crippen LogP contribution < -0.4 is 0 Å². The third kappa shape index (κ3) is 15.8. The molecule has 0 aliphatic heterocycles. The molecule has 0 aliphatic carbocycles. The van der Waals surface area contributed by atoms with Crippen molar-refractivity contribution in [1.82, 2.24) is 0 Å². The van der Waals surface area contributed by atoms with Gasteiger partial charge in [0.05, 0.1) is 0 Å². The third-order valence-electron chi connectivity index (χ3n) is 3.23. The van der Waals surface area contributed by atoms with Crippen molar-refractivity contribution in [3.8, 4) is 11.2 Å². The Balaban J connectivity index is 2.91. The molecule has 0 N–H and O–H groups in total. The van der Waals surface area contributed by atoms with Crippen LogP contribution in [-0.4, -0.2) is 0 Å². The monoisotopic (exact) mass is 253 g/mol. The largest absolute Gasteiger partial charge is 0.0865 e. The first-order valence-electron chi connectivity index (χ1n) is 7.51. The molecule has 0 nitrogen and oxygen atoms in total. The van der Waals surface area contributed by atoms with E-state index in [9.17, 15) is 0 Å². The van der Waals surface area contributed by atoms with E-state index < -0.39 is 0 Å². The highest BCUT2D eigenvalue weighted by molar-refractivity contribution is 7.85. The SMILES string of the molecule is CCCCCCCCCCCCCCC#C[S]. The summed E-state index contributed by atoms with van der Waals surface area (Å²) in [5, 5.41) is 2.54. The van der Waals surface area contributed by atoms with Gasteiger partial charge in [-0.15, -0.1) is 0 Å². The lowest BCUT2D eigenvalue weighted by Crippen LogP contribution is -1.82. The Morgan fingerprint density at radius 1 is 0.647 bits per heavy atom. The number of rotatable bonds is 12. The van der Waals surface area contributed by atoms with E-state index in [0.717, 1.165) is 6.42 Å². The Bertz CT molecular complexity index is 187. The van der Waals surface area contributed by atoms with E-state index in [1.165, 1.54) is 77.0 Å². The maximum Gasteiger partial charge on any atom is 0.0101 e. The van der Waals surface area contributed by atoms with Crippen molar-refractivity contribution < 1.29 is 0 Å². The summed E-state index contributed by atoms with van der Waals surface area (Å²) in [5.41, 5.74) is 0. The van der Waals surface area contributed by atoms with Crippen molar-refractivity contribution in [3.05, 3.63) is 0 Å². The Morgan fingerprint density at radius 2 is 1.06 bits per heavy atom. The van der Waals surface area contributed by atoms with Gasteiger partial charge in [0.1, 0.15) is 0 Å². The predicted octanol–water partition coefficient (Wildman–Crippen LogP) is 6.24. The van der Waals surface area contributed by atoms with Crippen molar-refractivity contribution >= 4 is 12.6 Å². The standard InChI is InChI=1S/C16H29S/c1-2-3-4-5-6-7-8-9-10-11-12-13-14-15-16-17/h2-14H2,1H3. The molecule has 0 heterocycles. The minimum Gasteiger partial charge on any atom is -0.0865 e. The lowest BCUT2D eigenvalue weighted by atomic mass is 10.0. The third-order valence-corrected chi connectivity index (χ3v) is 3.37. The second-order valence-electron chi connectivity index (χ2n) is 4.92. The second-order valence-corrected chi connectivity index (χ2v) is 5.12. The highest BCUT2D eigenvalue weighted by Crippen LogP contribution is 2.12. The number of hydrogen-bond acceptors (Lipinski definition) is 0. The highest BCUT2D eigenvalue weighted by atomic mass is 32.1. The van der Waals surface area contributed by atoms with Crippen LogP contribution in [0.5, 0.6) is 0 Å². The van der Waals surface area contributed by atoms with Gasteiger partial charge in [-0.05, 0) is 19.0 Å². The number of hydrogen-bond donors (Lipinski definition) is 0. The second kappa shape index (κ2) is 15.8. The van der Waals surface area contributed by atoms with E-state index in [1.807, 2.05) is 0 Å². The Morgan fingerprint density at radius 3 is 1.47 bits per heavy atom. The summed E-state index contributed by atoms with van der Waals surface area (Å²) < 4.78 is 0. The summed E-state index contributed by atoms with van der Waals surface area (Å²) in [6.07, 6.45) is 17.8. The average molecular weight is 253 g/mol. The normalized spacial score (nSPS) is 9.94. The van der Waals surface area contributed by atoms with Crippen LogP contribution >= 0.6 is 12.6 Å². The molecule has 0 saturated carbocycles. The minimum absolute atomic E-state index is 1.00. The lowest BCUT2D eigenvalue weighted by molar-refractivity contribution is 0.545. The molecule has 0 fully saturated rings. The molecule has 0 aromatic heterocycles. The summed E-state index contributed by atoms with van der Waals surface area (Å²) in [5.74, 6) is 2.95. The zero-order valence-electron chi connectivity index (χ0n) is 11.6. The molecule has 1 radical (unpaired) electrons. The molecule has 0 aromatic rings. The van der Waals surface area contributed by atoms with Crippen molar-refractivity contribution in [2.45, 2.75) is 90.4 Å². The van der Waals surface area contributed by atoms with E-state index in [-0.39, 0.29) is 0 Å². The van der Waals surface area contributed by atoms with Crippen molar-refractivity contribution in [2.75, 3.05) is 0 Å². The molecule has 0 saturated heterocycles. The molecule has 99 valence electrons. The molecule has 0 aromatic carbocycles. The van der Waals surface area contributed by atoms with E-state index in [2.05, 4.69) is 30.7 Å². The molecule has 0 atom stereocenters. The molecule has 0 rings (SSSR count). The summed E-state index contributed by atoms with van der Waals surface area (Å²) in [7, 11) is 0. The van der Waals surface area contributed by atoms with Crippen LogP contribution in [-0.2, 0) is 0 Å². The molecule has 1 heteroatoms. The van der Waals surface area contributed by atoms with E-state index in [1.54, 1.807) is 0 Å². The fourth-order valence-corrected chi connectivity index (χ4v) is 2.21. The molecule has 0 bridgehead atoms. The van der Waals surface area contributed by atoms with Crippen LogP contribution in [0.2, 0.25) is 0 Å². The van der Waals surface area contributed by atoms with E-state index >= 15 is 0 Å². The van der Waals surface area contributed by atoms with Crippen LogP contribution in [0.15, 0.2) is 0 Å². The van der Waals surface area contributed by atoms with Gasteiger partial charge in [-0.1, -0.05) is 83.5 Å². The summed E-state index contributed by atoms with van der Waals surface area (Å²) in [6, 6.07) is 0. The number of unbranched alkanes of at least 4 members (excludes halogenated alkanes) is 12. The van der Waals surface area contributed by atoms with Gasteiger partial charge in [-0.3, -0.25) is 0 Å². The first kappa shape index (κ1) is 16.8. The smallest absolute Gasteiger partial charge is 0.0101 e. The highest BCUT2D eigenvalue weighted by Gasteiger charge is 1.92.